The fourth-order valence-corrected chi connectivity index (χ4v) is 3.28. The first kappa shape index (κ1) is 18.6. The van der Waals surface area contributed by atoms with Gasteiger partial charge in [-0.15, -0.1) is 0 Å². The van der Waals surface area contributed by atoms with Gasteiger partial charge in [-0.05, 0) is 31.2 Å². The normalized spacial score (nSPS) is 16.9. The average Bonchev–Trinajstić information content (AvgIpc) is 3.10. The quantitative estimate of drug-likeness (QED) is 0.683. The lowest BCUT2D eigenvalue weighted by atomic mass is 10.0. The summed E-state index contributed by atoms with van der Waals surface area (Å²) in [5, 5.41) is 6.26. The molecule has 1 aliphatic rings. The van der Waals surface area contributed by atoms with Crippen molar-refractivity contribution in [1.82, 2.24) is 4.98 Å². The number of aromatic nitrogens is 1. The maximum atomic E-state index is 12.8. The molecule has 1 atom stereocenters. The van der Waals surface area contributed by atoms with Crippen LogP contribution in [0.15, 0.2) is 60.9 Å². The second kappa shape index (κ2) is 7.35. The third-order valence-electron chi connectivity index (χ3n) is 4.79. The summed E-state index contributed by atoms with van der Waals surface area (Å²) in [6, 6.07) is 14.4. The fraction of sp³-hybridized carbons (Fsp3) is 0.182. The minimum absolute atomic E-state index is 0.278. The van der Waals surface area contributed by atoms with E-state index in [2.05, 4.69) is 15.6 Å². The van der Waals surface area contributed by atoms with Crippen LogP contribution in [0, 0.1) is 0 Å². The van der Waals surface area contributed by atoms with Crippen LogP contribution in [-0.2, 0) is 5.72 Å². The molecule has 2 N–H and O–H groups in total. The third-order valence-corrected chi connectivity index (χ3v) is 4.79. The number of rotatable bonds is 5. The molecule has 148 valence electrons. The topological polar surface area (TPSA) is 81.7 Å². The molecule has 4 rings (SSSR count). The molecule has 0 spiro atoms. The van der Waals surface area contributed by atoms with Gasteiger partial charge in [0.15, 0.2) is 0 Å². The standard InChI is InChI=1S/C22H21N3O4/c1-22(25-18-13-23-10-9-19(18)29-22)14-5-4-6-15(11-14)24-21(26)17-8-7-16(27-2)12-20(17)28-3/h4-13,25H,1-3H3,(H,24,26). The first-order valence-electron chi connectivity index (χ1n) is 9.07. The fourth-order valence-electron chi connectivity index (χ4n) is 3.28. The largest absolute Gasteiger partial charge is 0.497 e. The number of nitrogens with zero attached hydrogens (tertiary/aromatic N) is 1. The number of anilines is 2. The number of hydrogen-bond acceptors (Lipinski definition) is 6. The average molecular weight is 391 g/mol. The minimum Gasteiger partial charge on any atom is -0.497 e. The second-order valence-corrected chi connectivity index (χ2v) is 6.73. The third kappa shape index (κ3) is 3.54. The van der Waals surface area contributed by atoms with E-state index in [4.69, 9.17) is 14.2 Å². The number of ether oxygens (including phenoxy) is 3. The molecule has 29 heavy (non-hydrogen) atoms. The molecule has 2 heterocycles. The maximum absolute atomic E-state index is 12.8. The van der Waals surface area contributed by atoms with Crippen LogP contribution in [0.3, 0.4) is 0 Å². The van der Waals surface area contributed by atoms with Gasteiger partial charge in [0.25, 0.3) is 5.91 Å². The maximum Gasteiger partial charge on any atom is 0.259 e. The Morgan fingerprint density at radius 3 is 2.76 bits per heavy atom. The van der Waals surface area contributed by atoms with Crippen molar-refractivity contribution in [2.45, 2.75) is 12.6 Å². The molecule has 0 saturated carbocycles. The van der Waals surface area contributed by atoms with Gasteiger partial charge in [0.2, 0.25) is 5.72 Å². The monoisotopic (exact) mass is 391 g/mol. The predicted molar refractivity (Wildman–Crippen MR) is 110 cm³/mol. The van der Waals surface area contributed by atoms with Crippen molar-refractivity contribution in [2.24, 2.45) is 0 Å². The Bertz CT molecular complexity index is 1040. The molecule has 0 bridgehead atoms. The van der Waals surface area contributed by atoms with Crippen molar-refractivity contribution >= 4 is 17.3 Å². The number of methoxy groups -OCH3 is 2. The Hall–Kier alpha value is -3.74. The van der Waals surface area contributed by atoms with Crippen LogP contribution in [-0.4, -0.2) is 25.1 Å². The van der Waals surface area contributed by atoms with Crippen molar-refractivity contribution in [3.63, 3.8) is 0 Å². The Labute approximate surface area is 168 Å². The van der Waals surface area contributed by atoms with Crippen molar-refractivity contribution in [3.8, 4) is 17.2 Å². The van der Waals surface area contributed by atoms with Crippen molar-refractivity contribution in [1.29, 1.82) is 0 Å². The van der Waals surface area contributed by atoms with E-state index in [-0.39, 0.29) is 5.91 Å². The molecule has 1 amide bonds. The van der Waals surface area contributed by atoms with E-state index in [9.17, 15) is 4.79 Å². The highest BCUT2D eigenvalue weighted by atomic mass is 16.5. The summed E-state index contributed by atoms with van der Waals surface area (Å²) < 4.78 is 16.6. The summed E-state index contributed by atoms with van der Waals surface area (Å²) in [5.74, 6) is 1.51. The smallest absolute Gasteiger partial charge is 0.259 e. The van der Waals surface area contributed by atoms with E-state index in [0.717, 1.165) is 17.0 Å². The number of carbonyl (C=O) groups excluding carboxylic acids is 1. The number of carbonyl (C=O) groups is 1. The van der Waals surface area contributed by atoms with E-state index in [1.807, 2.05) is 37.3 Å². The molecule has 7 heteroatoms. The van der Waals surface area contributed by atoms with Gasteiger partial charge in [-0.25, -0.2) is 0 Å². The van der Waals surface area contributed by atoms with Crippen LogP contribution in [0.1, 0.15) is 22.8 Å². The van der Waals surface area contributed by atoms with Gasteiger partial charge in [-0.3, -0.25) is 9.78 Å². The molecule has 0 aliphatic carbocycles. The molecule has 1 aliphatic heterocycles. The zero-order valence-corrected chi connectivity index (χ0v) is 16.4. The Morgan fingerprint density at radius 2 is 2.00 bits per heavy atom. The Kier molecular flexibility index (Phi) is 4.72. The van der Waals surface area contributed by atoms with Crippen LogP contribution in [0.5, 0.6) is 17.2 Å². The first-order valence-corrected chi connectivity index (χ1v) is 9.07. The van der Waals surface area contributed by atoms with Gasteiger partial charge in [0.05, 0.1) is 31.7 Å². The van der Waals surface area contributed by atoms with Crippen LogP contribution < -0.4 is 24.8 Å². The van der Waals surface area contributed by atoms with Crippen molar-refractivity contribution in [3.05, 3.63) is 72.1 Å². The second-order valence-electron chi connectivity index (χ2n) is 6.73. The lowest BCUT2D eigenvalue weighted by molar-refractivity contribution is 0.102. The van der Waals surface area contributed by atoms with E-state index in [0.29, 0.717) is 22.7 Å². The molecule has 1 aromatic heterocycles. The molecule has 1 unspecified atom stereocenters. The summed E-state index contributed by atoms with van der Waals surface area (Å²) in [6.07, 6.45) is 3.41. The minimum atomic E-state index is -0.760. The predicted octanol–water partition coefficient (Wildman–Crippen LogP) is 4.03. The summed E-state index contributed by atoms with van der Waals surface area (Å²) >= 11 is 0. The molecule has 0 radical (unpaired) electrons. The number of pyridine rings is 1. The van der Waals surface area contributed by atoms with E-state index in [1.165, 1.54) is 7.11 Å². The zero-order valence-electron chi connectivity index (χ0n) is 16.4. The number of amides is 1. The van der Waals surface area contributed by atoms with Crippen LogP contribution >= 0.6 is 0 Å². The Balaban J connectivity index is 1.57. The first-order chi connectivity index (χ1) is 14.0. The highest BCUT2D eigenvalue weighted by Crippen LogP contribution is 2.41. The van der Waals surface area contributed by atoms with Gasteiger partial charge in [-0.1, -0.05) is 12.1 Å². The molecule has 2 aromatic carbocycles. The molecular formula is C22H21N3O4. The van der Waals surface area contributed by atoms with Crippen molar-refractivity contribution < 1.29 is 19.0 Å². The number of hydrogen-bond donors (Lipinski definition) is 2. The highest BCUT2D eigenvalue weighted by Gasteiger charge is 2.36. The van der Waals surface area contributed by atoms with Gasteiger partial charge in [-0.2, -0.15) is 0 Å². The summed E-state index contributed by atoms with van der Waals surface area (Å²) in [7, 11) is 3.08. The summed E-state index contributed by atoms with van der Waals surface area (Å²) in [4.78, 5) is 16.9. The number of benzene rings is 2. The summed E-state index contributed by atoms with van der Waals surface area (Å²) in [5.41, 5.74) is 1.99. The molecular weight excluding hydrogens is 370 g/mol. The highest BCUT2D eigenvalue weighted by molar-refractivity contribution is 6.06. The number of fused-ring (bicyclic) bond motifs is 1. The molecule has 3 aromatic rings. The zero-order chi connectivity index (χ0) is 20.4. The van der Waals surface area contributed by atoms with E-state index in [1.54, 1.807) is 37.7 Å². The van der Waals surface area contributed by atoms with Gasteiger partial charge >= 0.3 is 0 Å². The molecule has 0 saturated heterocycles. The van der Waals surface area contributed by atoms with Crippen LogP contribution in [0.4, 0.5) is 11.4 Å². The van der Waals surface area contributed by atoms with E-state index < -0.39 is 5.72 Å². The van der Waals surface area contributed by atoms with Gasteiger partial charge in [0.1, 0.15) is 17.2 Å². The summed E-state index contributed by atoms with van der Waals surface area (Å²) in [6.45, 7) is 1.93. The van der Waals surface area contributed by atoms with Crippen LogP contribution in [0.2, 0.25) is 0 Å². The SMILES string of the molecule is COc1ccc(C(=O)Nc2cccc(C3(C)Nc4cnccc4O3)c2)c(OC)c1. The van der Waals surface area contributed by atoms with Crippen molar-refractivity contribution in [2.75, 3.05) is 24.9 Å². The molecule has 0 fully saturated rings. The lowest BCUT2D eigenvalue weighted by Crippen LogP contribution is -2.33. The molecule has 7 nitrogen and oxygen atoms in total. The Morgan fingerprint density at radius 1 is 1.14 bits per heavy atom. The van der Waals surface area contributed by atoms with Gasteiger partial charge in [0, 0.05) is 29.6 Å². The van der Waals surface area contributed by atoms with Gasteiger partial charge < -0.3 is 24.8 Å². The van der Waals surface area contributed by atoms with Crippen LogP contribution in [0.25, 0.3) is 0 Å². The van der Waals surface area contributed by atoms with E-state index >= 15 is 0 Å². The lowest BCUT2D eigenvalue weighted by Gasteiger charge is -2.25. The number of nitrogens with one attached hydrogen (secondary N) is 2.